The van der Waals surface area contributed by atoms with Gasteiger partial charge in [0.25, 0.3) is 0 Å². The van der Waals surface area contributed by atoms with Crippen molar-refractivity contribution in [3.63, 3.8) is 0 Å². The maximum absolute atomic E-state index is 13.4. The van der Waals surface area contributed by atoms with Crippen molar-refractivity contribution in [3.8, 4) is 0 Å². The molecule has 2 rings (SSSR count). The molecule has 1 amide bonds. The number of benzene rings is 1. The molecule has 24 heavy (non-hydrogen) atoms. The van der Waals surface area contributed by atoms with Crippen molar-refractivity contribution < 1.29 is 23.1 Å². The number of aliphatic hydroxyl groups is 1. The van der Waals surface area contributed by atoms with Gasteiger partial charge in [-0.05, 0) is 32.0 Å². The van der Waals surface area contributed by atoms with Crippen LogP contribution in [0.15, 0.2) is 30.3 Å². The zero-order valence-electron chi connectivity index (χ0n) is 13.6. The number of amides is 1. The first-order chi connectivity index (χ1) is 11.3. The van der Waals surface area contributed by atoms with Gasteiger partial charge in [0, 0.05) is 13.0 Å². The van der Waals surface area contributed by atoms with E-state index in [9.17, 15) is 23.1 Å². The molecule has 1 aromatic rings. The number of likely N-dealkylation sites (N-methyl/N-ethyl adjacent to an activating group) is 1. The fraction of sp³-hybridized carbons (Fsp3) is 0.588. The van der Waals surface area contributed by atoms with Crippen LogP contribution in [-0.2, 0) is 10.4 Å². The third-order valence-electron chi connectivity index (χ3n) is 4.58. The topological polar surface area (TPSA) is 52.6 Å². The van der Waals surface area contributed by atoms with Crippen molar-refractivity contribution in [2.45, 2.75) is 43.5 Å². The molecule has 1 saturated heterocycles. The molecule has 1 aliphatic rings. The average molecular weight is 344 g/mol. The van der Waals surface area contributed by atoms with E-state index in [-0.39, 0.29) is 24.1 Å². The summed E-state index contributed by atoms with van der Waals surface area (Å²) in [5.74, 6) is -0.283. The van der Waals surface area contributed by atoms with Crippen LogP contribution < -0.4 is 5.32 Å². The maximum atomic E-state index is 13.4. The van der Waals surface area contributed by atoms with Gasteiger partial charge in [-0.15, -0.1) is 0 Å². The first kappa shape index (κ1) is 18.7. The molecule has 0 unspecified atom stereocenters. The number of nitrogens with one attached hydrogen (secondary N) is 1. The van der Waals surface area contributed by atoms with Gasteiger partial charge in [0.15, 0.2) is 5.60 Å². The van der Waals surface area contributed by atoms with Gasteiger partial charge in [-0.2, -0.15) is 13.2 Å². The van der Waals surface area contributed by atoms with Gasteiger partial charge < -0.3 is 10.4 Å². The number of carbonyl (C=O) groups is 1. The van der Waals surface area contributed by atoms with E-state index < -0.39 is 18.2 Å². The molecule has 0 radical (unpaired) electrons. The van der Waals surface area contributed by atoms with Gasteiger partial charge in [-0.1, -0.05) is 36.8 Å². The first-order valence-corrected chi connectivity index (χ1v) is 8.08. The molecule has 1 aliphatic heterocycles. The number of carbonyl (C=O) groups excluding carboxylic acids is 1. The van der Waals surface area contributed by atoms with Crippen molar-refractivity contribution in [1.29, 1.82) is 0 Å². The smallest absolute Gasteiger partial charge is 0.376 e. The quantitative estimate of drug-likeness (QED) is 0.863. The summed E-state index contributed by atoms with van der Waals surface area (Å²) in [6.07, 6.45) is -2.80. The summed E-state index contributed by atoms with van der Waals surface area (Å²) in [6, 6.07) is 6.65. The van der Waals surface area contributed by atoms with Crippen LogP contribution >= 0.6 is 0 Å². The minimum Gasteiger partial charge on any atom is -0.376 e. The molecule has 4 nitrogen and oxygen atoms in total. The van der Waals surface area contributed by atoms with Crippen LogP contribution in [0, 0.1) is 0 Å². The summed E-state index contributed by atoms with van der Waals surface area (Å²) in [7, 11) is 1.83. The summed E-state index contributed by atoms with van der Waals surface area (Å²) < 4.78 is 40.1. The SMILES string of the molecule is CN1CCCC[C@H]1C(=O)NCC[C@@](O)(c1ccccc1)C(F)(F)F. The Morgan fingerprint density at radius 2 is 1.96 bits per heavy atom. The molecule has 134 valence electrons. The summed E-state index contributed by atoms with van der Waals surface area (Å²) >= 11 is 0. The monoisotopic (exact) mass is 344 g/mol. The number of hydrogen-bond donors (Lipinski definition) is 2. The molecule has 0 aliphatic carbocycles. The molecule has 0 aromatic heterocycles. The highest BCUT2D eigenvalue weighted by Crippen LogP contribution is 2.41. The summed E-state index contributed by atoms with van der Waals surface area (Å²) in [5, 5.41) is 12.7. The Labute approximate surface area is 139 Å². The van der Waals surface area contributed by atoms with E-state index in [1.807, 2.05) is 11.9 Å². The molecule has 1 fully saturated rings. The summed E-state index contributed by atoms with van der Waals surface area (Å²) in [5.41, 5.74) is -3.19. The Morgan fingerprint density at radius 3 is 2.54 bits per heavy atom. The third kappa shape index (κ3) is 4.08. The highest BCUT2D eigenvalue weighted by molar-refractivity contribution is 5.81. The van der Waals surface area contributed by atoms with E-state index in [0.29, 0.717) is 6.42 Å². The van der Waals surface area contributed by atoms with Crippen molar-refractivity contribution in [3.05, 3.63) is 35.9 Å². The Bertz CT molecular complexity index is 551. The van der Waals surface area contributed by atoms with Gasteiger partial charge in [0.1, 0.15) is 0 Å². The van der Waals surface area contributed by atoms with Crippen molar-refractivity contribution in [2.24, 2.45) is 0 Å². The normalized spacial score (nSPS) is 22.0. The fourth-order valence-corrected chi connectivity index (χ4v) is 3.05. The van der Waals surface area contributed by atoms with E-state index >= 15 is 0 Å². The van der Waals surface area contributed by atoms with Crippen LogP contribution in [-0.4, -0.2) is 48.3 Å². The molecule has 0 saturated carbocycles. The van der Waals surface area contributed by atoms with Crippen LogP contribution in [0.1, 0.15) is 31.2 Å². The predicted molar refractivity (Wildman–Crippen MR) is 84.3 cm³/mol. The minimum absolute atomic E-state index is 0.221. The second-order valence-corrected chi connectivity index (χ2v) is 6.26. The molecule has 2 atom stereocenters. The van der Waals surface area contributed by atoms with Gasteiger partial charge in [0.05, 0.1) is 6.04 Å². The second-order valence-electron chi connectivity index (χ2n) is 6.26. The molecule has 0 spiro atoms. The summed E-state index contributed by atoms with van der Waals surface area (Å²) in [4.78, 5) is 14.1. The average Bonchev–Trinajstić information content (AvgIpc) is 2.54. The zero-order chi connectivity index (χ0) is 17.8. The van der Waals surface area contributed by atoms with Gasteiger partial charge in [-0.3, -0.25) is 9.69 Å². The number of rotatable bonds is 5. The van der Waals surface area contributed by atoms with Crippen LogP contribution in [0.5, 0.6) is 0 Å². The van der Waals surface area contributed by atoms with Crippen LogP contribution in [0.3, 0.4) is 0 Å². The first-order valence-electron chi connectivity index (χ1n) is 8.08. The lowest BCUT2D eigenvalue weighted by Gasteiger charge is -2.33. The largest absolute Gasteiger partial charge is 0.421 e. The predicted octanol–water partition coefficient (Wildman–Crippen LogP) is 2.43. The van der Waals surface area contributed by atoms with E-state index in [4.69, 9.17) is 0 Å². The van der Waals surface area contributed by atoms with Gasteiger partial charge in [-0.25, -0.2) is 0 Å². The van der Waals surface area contributed by atoms with Crippen molar-refractivity contribution in [1.82, 2.24) is 10.2 Å². The van der Waals surface area contributed by atoms with Crippen LogP contribution in [0.4, 0.5) is 13.2 Å². The highest BCUT2D eigenvalue weighted by Gasteiger charge is 2.54. The summed E-state index contributed by atoms with van der Waals surface area (Å²) in [6.45, 7) is 0.558. The van der Waals surface area contributed by atoms with Crippen LogP contribution in [0.2, 0.25) is 0 Å². The molecule has 2 N–H and O–H groups in total. The van der Waals surface area contributed by atoms with Gasteiger partial charge >= 0.3 is 6.18 Å². The van der Waals surface area contributed by atoms with E-state index in [1.54, 1.807) is 6.07 Å². The zero-order valence-corrected chi connectivity index (χ0v) is 13.6. The lowest BCUT2D eigenvalue weighted by Crippen LogP contribution is -2.49. The fourth-order valence-electron chi connectivity index (χ4n) is 3.05. The van der Waals surface area contributed by atoms with E-state index in [0.717, 1.165) is 19.4 Å². The molecular weight excluding hydrogens is 321 g/mol. The van der Waals surface area contributed by atoms with E-state index in [2.05, 4.69) is 5.32 Å². The Balaban J connectivity index is 2.00. The minimum atomic E-state index is -4.82. The molecule has 1 heterocycles. The number of piperidine rings is 1. The molecular formula is C17H23F3N2O2. The lowest BCUT2D eigenvalue weighted by atomic mass is 9.89. The Kier molecular flexibility index (Phi) is 5.87. The van der Waals surface area contributed by atoms with Crippen molar-refractivity contribution in [2.75, 3.05) is 20.1 Å². The number of alkyl halides is 3. The third-order valence-corrected chi connectivity index (χ3v) is 4.58. The lowest BCUT2D eigenvalue weighted by molar-refractivity contribution is -0.268. The Morgan fingerprint density at radius 1 is 1.29 bits per heavy atom. The van der Waals surface area contributed by atoms with Gasteiger partial charge in [0.2, 0.25) is 5.91 Å². The highest BCUT2D eigenvalue weighted by atomic mass is 19.4. The Hall–Kier alpha value is -1.60. The second kappa shape index (κ2) is 7.53. The molecule has 0 bridgehead atoms. The molecule has 1 aromatic carbocycles. The standard InChI is InChI=1S/C17H23F3N2O2/c1-22-12-6-5-9-14(22)15(23)21-11-10-16(24,17(18,19)20)13-7-3-2-4-8-13/h2-4,7-8,14,24H,5-6,9-12H2,1H3,(H,21,23)/t14-,16+/m0/s1. The number of halogens is 3. The number of nitrogens with zero attached hydrogens (tertiary/aromatic N) is 1. The van der Waals surface area contributed by atoms with Crippen LogP contribution in [0.25, 0.3) is 0 Å². The molecule has 7 heteroatoms. The number of hydrogen-bond acceptors (Lipinski definition) is 3. The van der Waals surface area contributed by atoms with Crippen molar-refractivity contribution >= 4 is 5.91 Å². The maximum Gasteiger partial charge on any atom is 0.421 e. The van der Waals surface area contributed by atoms with E-state index in [1.165, 1.54) is 24.3 Å². The number of likely N-dealkylation sites (tertiary alicyclic amines) is 1.